The number of carboxylic acid groups (broad SMARTS) is 1. The zero-order valence-corrected chi connectivity index (χ0v) is 14.1. The van der Waals surface area contributed by atoms with Crippen LogP contribution in [0.25, 0.3) is 10.9 Å². The van der Waals surface area contributed by atoms with Crippen molar-refractivity contribution in [1.29, 1.82) is 0 Å². The monoisotopic (exact) mass is 365 g/mol. The summed E-state index contributed by atoms with van der Waals surface area (Å²) in [7, 11) is 0. The van der Waals surface area contributed by atoms with E-state index >= 15 is 0 Å². The van der Waals surface area contributed by atoms with E-state index in [4.69, 9.17) is 15.6 Å². The quantitative estimate of drug-likeness (QED) is 0.724. The number of hydrogen-bond donors (Lipinski definition) is 2. The molecule has 0 radical (unpaired) electrons. The lowest BCUT2D eigenvalue weighted by Crippen LogP contribution is -2.25. The van der Waals surface area contributed by atoms with Gasteiger partial charge in [-0.15, -0.1) is 0 Å². The largest absolute Gasteiger partial charge is 0.481 e. The number of benzene rings is 1. The summed E-state index contributed by atoms with van der Waals surface area (Å²) < 4.78 is 7.22. The molecule has 9 nitrogen and oxygen atoms in total. The van der Waals surface area contributed by atoms with Gasteiger partial charge in [0, 0.05) is 35.5 Å². The molecule has 2 aromatic heterocycles. The fourth-order valence-corrected chi connectivity index (χ4v) is 2.97. The highest BCUT2D eigenvalue weighted by Gasteiger charge is 2.26. The van der Waals surface area contributed by atoms with Gasteiger partial charge in [0.15, 0.2) is 0 Å². The van der Waals surface area contributed by atoms with Crippen LogP contribution < -0.4 is 15.4 Å². The van der Waals surface area contributed by atoms with Crippen LogP contribution in [0.3, 0.4) is 0 Å². The Morgan fingerprint density at radius 2 is 2.11 bits per heavy atom. The van der Waals surface area contributed by atoms with Gasteiger partial charge in [-0.25, -0.2) is 9.97 Å². The molecule has 1 aliphatic heterocycles. The summed E-state index contributed by atoms with van der Waals surface area (Å²) in [6.07, 6.45) is 5.94. The normalized spacial score (nSPS) is 13.3. The first-order valence-corrected chi connectivity index (χ1v) is 8.12. The molecular formula is C18H15N5O4. The Morgan fingerprint density at radius 3 is 2.93 bits per heavy atom. The lowest BCUT2D eigenvalue weighted by Gasteiger charge is -2.17. The van der Waals surface area contributed by atoms with E-state index in [9.17, 15) is 9.59 Å². The number of carbonyl (C=O) groups is 2. The molecule has 0 saturated carbocycles. The number of rotatable bonds is 4. The molecule has 4 rings (SSSR count). The van der Waals surface area contributed by atoms with Crippen molar-refractivity contribution in [2.75, 3.05) is 10.6 Å². The number of anilines is 2. The van der Waals surface area contributed by atoms with Crippen LogP contribution in [-0.4, -0.2) is 31.5 Å². The first-order valence-electron chi connectivity index (χ1n) is 8.12. The Labute approximate surface area is 153 Å². The zero-order valence-electron chi connectivity index (χ0n) is 14.1. The van der Waals surface area contributed by atoms with Crippen LogP contribution in [0.1, 0.15) is 16.8 Å². The Morgan fingerprint density at radius 1 is 1.26 bits per heavy atom. The fourth-order valence-electron chi connectivity index (χ4n) is 2.97. The molecule has 0 atom stereocenters. The molecule has 1 aliphatic rings. The summed E-state index contributed by atoms with van der Waals surface area (Å²) >= 11 is 0. The molecule has 0 bridgehead atoms. The van der Waals surface area contributed by atoms with Crippen molar-refractivity contribution >= 4 is 34.3 Å². The SMILES string of the molecule is Nc1ncnc2c1C(=O)N(c1ccc3c(ccn3CCC(=O)O)c1)C=CO2. The predicted octanol–water partition coefficient (Wildman–Crippen LogP) is 2.00. The van der Waals surface area contributed by atoms with Gasteiger partial charge in [0.2, 0.25) is 5.88 Å². The van der Waals surface area contributed by atoms with Crippen molar-refractivity contribution in [3.05, 3.63) is 54.8 Å². The number of aromatic nitrogens is 3. The first-order chi connectivity index (χ1) is 13.0. The number of nitrogens with zero attached hydrogens (tertiary/aromatic N) is 4. The lowest BCUT2D eigenvalue weighted by molar-refractivity contribution is -0.137. The van der Waals surface area contributed by atoms with Gasteiger partial charge in [0.25, 0.3) is 5.91 Å². The van der Waals surface area contributed by atoms with Crippen LogP contribution >= 0.6 is 0 Å². The fraction of sp³-hybridized carbons (Fsp3) is 0.111. The van der Waals surface area contributed by atoms with Crippen LogP contribution in [0, 0.1) is 0 Å². The molecule has 0 saturated heterocycles. The van der Waals surface area contributed by atoms with Crippen LogP contribution in [-0.2, 0) is 11.3 Å². The first kappa shape index (κ1) is 16.6. The molecule has 27 heavy (non-hydrogen) atoms. The minimum absolute atomic E-state index is 0.0340. The number of fused-ring (bicyclic) bond motifs is 2. The minimum Gasteiger partial charge on any atom is -0.481 e. The molecular weight excluding hydrogens is 350 g/mol. The molecule has 0 unspecified atom stereocenters. The van der Waals surface area contributed by atoms with Crippen molar-refractivity contribution in [3.8, 4) is 5.88 Å². The van der Waals surface area contributed by atoms with Crippen LogP contribution in [0.15, 0.2) is 49.3 Å². The molecule has 136 valence electrons. The Bertz CT molecular complexity index is 1090. The Hall–Kier alpha value is -3.88. The molecule has 0 aliphatic carbocycles. The van der Waals surface area contributed by atoms with Crippen molar-refractivity contribution < 1.29 is 19.4 Å². The van der Waals surface area contributed by atoms with E-state index in [-0.39, 0.29) is 23.7 Å². The predicted molar refractivity (Wildman–Crippen MR) is 97.2 cm³/mol. The maximum Gasteiger partial charge on any atom is 0.305 e. The van der Waals surface area contributed by atoms with Crippen LogP contribution in [0.4, 0.5) is 11.5 Å². The molecule has 1 aromatic carbocycles. The van der Waals surface area contributed by atoms with Crippen molar-refractivity contribution in [2.24, 2.45) is 0 Å². The topological polar surface area (TPSA) is 124 Å². The number of nitrogen functional groups attached to an aromatic ring is 1. The second kappa shape index (κ2) is 6.45. The third-order valence-electron chi connectivity index (χ3n) is 4.26. The maximum atomic E-state index is 12.9. The molecule has 3 heterocycles. The van der Waals surface area contributed by atoms with Gasteiger partial charge in [-0.3, -0.25) is 14.5 Å². The summed E-state index contributed by atoms with van der Waals surface area (Å²) in [5.74, 6) is -1.11. The van der Waals surface area contributed by atoms with E-state index < -0.39 is 11.9 Å². The highest BCUT2D eigenvalue weighted by atomic mass is 16.5. The van der Waals surface area contributed by atoms with Crippen molar-refractivity contribution in [2.45, 2.75) is 13.0 Å². The van der Waals surface area contributed by atoms with Crippen LogP contribution in [0.5, 0.6) is 5.88 Å². The van der Waals surface area contributed by atoms with Gasteiger partial charge in [-0.2, -0.15) is 0 Å². The summed E-state index contributed by atoms with van der Waals surface area (Å²) in [5, 5.41) is 9.74. The van der Waals surface area contributed by atoms with E-state index in [1.165, 1.54) is 23.7 Å². The molecule has 3 aromatic rings. The number of ether oxygens (including phenoxy) is 1. The molecule has 1 amide bonds. The average Bonchev–Trinajstić information content (AvgIpc) is 2.96. The number of hydrogen-bond acceptors (Lipinski definition) is 6. The number of aliphatic carboxylic acids is 1. The number of carboxylic acids is 1. The third-order valence-corrected chi connectivity index (χ3v) is 4.26. The minimum atomic E-state index is -0.854. The van der Waals surface area contributed by atoms with Gasteiger partial charge in [-0.05, 0) is 24.3 Å². The highest BCUT2D eigenvalue weighted by Crippen LogP contribution is 2.30. The number of carbonyl (C=O) groups excluding carboxylic acids is 1. The molecule has 3 N–H and O–H groups in total. The van der Waals surface area contributed by atoms with E-state index in [2.05, 4.69) is 9.97 Å². The lowest BCUT2D eigenvalue weighted by atomic mass is 10.2. The van der Waals surface area contributed by atoms with Gasteiger partial charge < -0.3 is 20.1 Å². The summed E-state index contributed by atoms with van der Waals surface area (Å²) in [6, 6.07) is 7.31. The van der Waals surface area contributed by atoms with Gasteiger partial charge in [0.1, 0.15) is 24.0 Å². The average molecular weight is 365 g/mol. The second-order valence-electron chi connectivity index (χ2n) is 5.91. The van der Waals surface area contributed by atoms with Gasteiger partial charge in [-0.1, -0.05) is 0 Å². The van der Waals surface area contributed by atoms with Crippen molar-refractivity contribution in [3.63, 3.8) is 0 Å². The highest BCUT2D eigenvalue weighted by molar-refractivity contribution is 6.12. The summed E-state index contributed by atoms with van der Waals surface area (Å²) in [6.45, 7) is 0.371. The standard InChI is InChI=1S/C18H15N5O4/c19-16-15-17(21-10-20-16)27-8-7-23(18(15)26)12-1-2-13-11(9-12)3-5-22(13)6-4-14(24)25/h1-3,5,7-10H,4,6H2,(H,24,25)(H2,19,20,21). The van der Waals surface area contributed by atoms with E-state index in [1.807, 2.05) is 29.0 Å². The number of aryl methyl sites for hydroxylation is 1. The van der Waals surface area contributed by atoms with Gasteiger partial charge in [0.05, 0.1) is 6.42 Å². The number of nitrogens with two attached hydrogens (primary N) is 1. The van der Waals surface area contributed by atoms with E-state index in [0.29, 0.717) is 12.2 Å². The number of amides is 1. The van der Waals surface area contributed by atoms with Gasteiger partial charge >= 0.3 is 5.97 Å². The summed E-state index contributed by atoms with van der Waals surface area (Å²) in [5.41, 5.74) is 7.43. The van der Waals surface area contributed by atoms with Crippen molar-refractivity contribution in [1.82, 2.24) is 14.5 Å². The summed E-state index contributed by atoms with van der Waals surface area (Å²) in [4.78, 5) is 32.9. The maximum absolute atomic E-state index is 12.9. The molecule has 9 heteroatoms. The Balaban J connectivity index is 1.71. The van der Waals surface area contributed by atoms with E-state index in [0.717, 1.165) is 10.9 Å². The smallest absolute Gasteiger partial charge is 0.305 e. The zero-order chi connectivity index (χ0) is 19.0. The second-order valence-corrected chi connectivity index (χ2v) is 5.91. The van der Waals surface area contributed by atoms with Crippen LogP contribution in [0.2, 0.25) is 0 Å². The Kier molecular flexibility index (Phi) is 3.96. The van der Waals surface area contributed by atoms with E-state index in [1.54, 1.807) is 6.07 Å². The molecule has 0 spiro atoms. The molecule has 0 fully saturated rings. The third kappa shape index (κ3) is 2.95.